The first-order valence-electron chi connectivity index (χ1n) is 12.3. The van der Waals surface area contributed by atoms with Crippen molar-refractivity contribution in [2.75, 3.05) is 31.2 Å². The normalized spacial score (nSPS) is 21.2. The highest BCUT2D eigenvalue weighted by atomic mass is 32.2. The second kappa shape index (κ2) is 9.77. The Morgan fingerprint density at radius 3 is 2.59 bits per heavy atom. The molecule has 7 nitrogen and oxygen atoms in total. The van der Waals surface area contributed by atoms with Gasteiger partial charge in [0.05, 0.1) is 20.8 Å². The Morgan fingerprint density at radius 1 is 1.16 bits per heavy atom. The Kier molecular flexibility index (Phi) is 6.24. The van der Waals surface area contributed by atoms with Crippen molar-refractivity contribution in [3.8, 4) is 5.75 Å². The molecule has 176 valence electrons. The maximum atomic E-state index is 14.4. The zero-order valence-corrected chi connectivity index (χ0v) is 18.8. The number of hydrogen-bond acceptors (Lipinski definition) is 5. The van der Waals surface area contributed by atoms with Crippen LogP contribution in [0, 0.1) is 17.7 Å². The van der Waals surface area contributed by atoms with E-state index in [-0.39, 0.29) is 47.5 Å². The van der Waals surface area contributed by atoms with Crippen molar-refractivity contribution in [2.45, 2.75) is 50.9 Å². The summed E-state index contributed by atoms with van der Waals surface area (Å²) in [6, 6.07) is 3.66. The molecular formula is C23H31FN2O5S. The minimum absolute atomic E-state index is 0.00422. The van der Waals surface area contributed by atoms with Crippen molar-refractivity contribution in [3.63, 3.8) is 0 Å². The molecule has 1 aliphatic heterocycles. The maximum Gasteiger partial charge on any atom is 0.324 e. The lowest BCUT2D eigenvalue weighted by Crippen LogP contribution is -2.29. The molecule has 1 N–H and O–H groups in total. The molecule has 1 aromatic rings. The molecule has 0 radical (unpaired) electrons. The predicted molar refractivity (Wildman–Crippen MR) is 118 cm³/mol. The van der Waals surface area contributed by atoms with Crippen molar-refractivity contribution < 1.29 is 29.9 Å². The number of rotatable bonds is 13. The van der Waals surface area contributed by atoms with E-state index in [1.165, 1.54) is 11.0 Å². The summed E-state index contributed by atoms with van der Waals surface area (Å²) < 4.78 is 61.6. The van der Waals surface area contributed by atoms with E-state index < -0.39 is 28.2 Å². The summed E-state index contributed by atoms with van der Waals surface area (Å²) in [4.78, 5) is 24.2. The van der Waals surface area contributed by atoms with E-state index in [0.29, 0.717) is 31.4 Å². The molecule has 3 fully saturated rings. The third-order valence-corrected chi connectivity index (χ3v) is 7.90. The fourth-order valence-corrected chi connectivity index (χ4v) is 5.86. The van der Waals surface area contributed by atoms with E-state index in [9.17, 15) is 22.4 Å². The number of carbonyl (C=O) groups is 2. The van der Waals surface area contributed by atoms with Gasteiger partial charge in [0.1, 0.15) is 18.1 Å². The first-order valence-corrected chi connectivity index (χ1v) is 13.1. The molecule has 0 bridgehead atoms. The van der Waals surface area contributed by atoms with Crippen molar-refractivity contribution >= 4 is 21.8 Å². The topological polar surface area (TPSA) is 92.8 Å². The van der Waals surface area contributed by atoms with Crippen molar-refractivity contribution in [3.05, 3.63) is 29.6 Å². The number of benzene rings is 1. The highest BCUT2D eigenvalue weighted by Crippen LogP contribution is 2.44. The van der Waals surface area contributed by atoms with Crippen LogP contribution in [0.4, 0.5) is 9.18 Å². The van der Waals surface area contributed by atoms with Gasteiger partial charge in [0.25, 0.3) is 0 Å². The Hall–Kier alpha value is -2.16. The quantitative estimate of drug-likeness (QED) is 0.354. The van der Waals surface area contributed by atoms with Crippen molar-refractivity contribution in [2.24, 2.45) is 11.8 Å². The lowest BCUT2D eigenvalue weighted by Gasteiger charge is -2.19. The van der Waals surface area contributed by atoms with Gasteiger partial charge in [-0.15, -0.1) is 0 Å². The van der Waals surface area contributed by atoms with Crippen LogP contribution in [0.2, 0.25) is 0 Å². The van der Waals surface area contributed by atoms with Gasteiger partial charge in [-0.05, 0) is 68.1 Å². The molecule has 9 heteroatoms. The Morgan fingerprint density at radius 2 is 1.94 bits per heavy atom. The summed E-state index contributed by atoms with van der Waals surface area (Å²) in [6.45, 7) is -1.42. The van der Waals surface area contributed by atoms with Crippen LogP contribution < -0.4 is 10.1 Å². The predicted octanol–water partition coefficient (Wildman–Crippen LogP) is 3.25. The first-order chi connectivity index (χ1) is 16.0. The molecule has 0 spiro atoms. The average Bonchev–Trinajstić information content (AvgIpc) is 3.63. The average molecular weight is 469 g/mol. The number of sulfone groups is 1. The highest BCUT2D eigenvalue weighted by molar-refractivity contribution is 7.91. The van der Waals surface area contributed by atoms with Gasteiger partial charge in [0, 0.05) is 18.5 Å². The molecule has 1 atom stereocenters. The summed E-state index contributed by atoms with van der Waals surface area (Å²) in [6.07, 6.45) is 4.90. The molecule has 4 rings (SSSR count). The first kappa shape index (κ1) is 20.4. The molecular weight excluding hydrogens is 435 g/mol. The number of carbonyl (C=O) groups excluding carboxylic acids is 2. The van der Waals surface area contributed by atoms with E-state index in [4.69, 9.17) is 7.48 Å². The molecule has 0 unspecified atom stereocenters. The van der Waals surface area contributed by atoms with Crippen LogP contribution in [-0.2, 0) is 14.6 Å². The summed E-state index contributed by atoms with van der Waals surface area (Å²) in [5, 5.41) is 2.21. The molecule has 1 aromatic carbocycles. The third-order valence-electron chi connectivity index (χ3n) is 6.12. The number of halogens is 1. The third kappa shape index (κ3) is 6.67. The molecule has 3 amide bonds. The van der Waals surface area contributed by atoms with Gasteiger partial charge in [0.15, 0.2) is 9.84 Å². The zero-order chi connectivity index (χ0) is 24.5. The lowest BCUT2D eigenvalue weighted by molar-refractivity contribution is -0.118. The highest BCUT2D eigenvalue weighted by Gasteiger charge is 2.36. The van der Waals surface area contributed by atoms with E-state index in [0.717, 1.165) is 31.7 Å². The van der Waals surface area contributed by atoms with Crippen LogP contribution in [0.15, 0.2) is 18.2 Å². The van der Waals surface area contributed by atoms with Crippen LogP contribution in [0.1, 0.15) is 59.2 Å². The summed E-state index contributed by atoms with van der Waals surface area (Å²) in [7, 11) is -3.40. The van der Waals surface area contributed by atoms with Gasteiger partial charge >= 0.3 is 6.03 Å². The molecule has 2 aliphatic carbocycles. The monoisotopic (exact) mass is 468 g/mol. The van der Waals surface area contributed by atoms with E-state index in [1.54, 1.807) is 6.07 Å². The SMILES string of the molecule is [2H]C([2H])(Oc1cc(F)cc([C@H](CS(=O)(=O)CCCCCN2CC(=O)NC2=O)C2CC2)c1)C1CC1. The number of imide groups is 1. The van der Waals surface area contributed by atoms with Gasteiger partial charge < -0.3 is 9.64 Å². The molecule has 0 aromatic heterocycles. The number of amides is 3. The van der Waals surface area contributed by atoms with Crippen LogP contribution >= 0.6 is 0 Å². The van der Waals surface area contributed by atoms with Gasteiger partial charge in [-0.1, -0.05) is 6.42 Å². The largest absolute Gasteiger partial charge is 0.493 e. The molecule has 1 saturated heterocycles. The molecule has 3 aliphatic rings. The van der Waals surface area contributed by atoms with Crippen molar-refractivity contribution in [1.29, 1.82) is 0 Å². The molecule has 2 saturated carbocycles. The number of unbranched alkanes of at least 4 members (excludes halogenated alkanes) is 2. The van der Waals surface area contributed by atoms with E-state index in [1.807, 2.05) is 0 Å². The molecule has 32 heavy (non-hydrogen) atoms. The van der Waals surface area contributed by atoms with Crippen molar-refractivity contribution in [1.82, 2.24) is 10.2 Å². The molecule has 1 heterocycles. The summed E-state index contributed by atoms with van der Waals surface area (Å²) >= 11 is 0. The van der Waals surface area contributed by atoms with Gasteiger partial charge in [-0.2, -0.15) is 0 Å². The number of urea groups is 1. The van der Waals surface area contributed by atoms with Gasteiger partial charge in [0.2, 0.25) is 5.91 Å². The number of nitrogens with zero attached hydrogens (tertiary/aromatic N) is 1. The minimum Gasteiger partial charge on any atom is -0.493 e. The summed E-state index contributed by atoms with van der Waals surface area (Å²) in [5.41, 5.74) is 0.539. The Bertz CT molecular complexity index is 1040. The smallest absolute Gasteiger partial charge is 0.324 e. The Labute approximate surface area is 191 Å². The van der Waals surface area contributed by atoms with E-state index >= 15 is 0 Å². The fraction of sp³-hybridized carbons (Fsp3) is 0.652. The summed E-state index contributed by atoms with van der Waals surface area (Å²) in [5.74, 6) is -1.26. The van der Waals surface area contributed by atoms with Crippen LogP contribution in [0.3, 0.4) is 0 Å². The Balaban J connectivity index is 1.32. The zero-order valence-electron chi connectivity index (χ0n) is 20.0. The number of ether oxygens (including phenoxy) is 1. The second-order valence-corrected chi connectivity index (χ2v) is 11.3. The maximum absolute atomic E-state index is 14.4. The van der Waals surface area contributed by atoms with Gasteiger partial charge in [-0.25, -0.2) is 17.6 Å². The lowest BCUT2D eigenvalue weighted by atomic mass is 9.96. The van der Waals surface area contributed by atoms with Crippen LogP contribution in [0.25, 0.3) is 0 Å². The standard InChI is InChI=1S/C23H31FN2O5S/c24-19-10-18(11-20(12-19)31-14-16-4-5-16)21(17-6-7-17)15-32(29,30)9-3-1-2-8-26-13-22(27)25-23(26)28/h10-12,16-17,21H,1-9,13-15H2,(H,25,27,28)/t21-/m1/s1/i14D2. The number of nitrogens with one attached hydrogen (secondary N) is 1. The van der Waals surface area contributed by atoms with E-state index in [2.05, 4.69) is 5.32 Å². The van der Waals surface area contributed by atoms with Crippen LogP contribution in [0.5, 0.6) is 5.75 Å². The number of hydrogen-bond donors (Lipinski definition) is 1. The van der Waals surface area contributed by atoms with Crippen LogP contribution in [-0.4, -0.2) is 56.4 Å². The second-order valence-electron chi connectivity index (χ2n) is 9.11. The fourth-order valence-electron chi connectivity index (χ4n) is 4.03. The minimum atomic E-state index is -3.40. The van der Waals surface area contributed by atoms with Gasteiger partial charge in [-0.3, -0.25) is 10.1 Å².